The molecule has 1 aromatic heterocycles. The molecule has 19 heavy (non-hydrogen) atoms. The quantitative estimate of drug-likeness (QED) is 0.837. The van der Waals surface area contributed by atoms with Crippen molar-refractivity contribution in [1.82, 2.24) is 15.6 Å². The van der Waals surface area contributed by atoms with Gasteiger partial charge in [-0.05, 0) is 51.6 Å². The molecule has 1 aromatic carbocycles. The van der Waals surface area contributed by atoms with Crippen LogP contribution < -0.4 is 10.6 Å². The highest BCUT2D eigenvalue weighted by atomic mass is 16.3. The van der Waals surface area contributed by atoms with E-state index in [4.69, 9.17) is 4.42 Å². The fourth-order valence-electron chi connectivity index (χ4n) is 2.29. The first kappa shape index (κ1) is 14.0. The number of nitrogens with one attached hydrogen (secondary N) is 2. The van der Waals surface area contributed by atoms with Crippen LogP contribution in [0, 0.1) is 6.92 Å². The van der Waals surface area contributed by atoms with Crippen LogP contribution in [0.2, 0.25) is 0 Å². The minimum atomic E-state index is 0.113. The molecule has 0 bridgehead atoms. The largest absolute Gasteiger partial charge is 0.441 e. The lowest BCUT2D eigenvalue weighted by Gasteiger charge is -2.26. The average molecular weight is 261 g/mol. The predicted molar refractivity (Wildman–Crippen MR) is 78.5 cm³/mol. The normalized spacial score (nSPS) is 12.2. The summed E-state index contributed by atoms with van der Waals surface area (Å²) in [6.45, 7) is 8.18. The lowest BCUT2D eigenvalue weighted by atomic mass is 10.0. The number of benzene rings is 1. The molecule has 0 aliphatic rings. The molecule has 0 saturated heterocycles. The van der Waals surface area contributed by atoms with Crippen molar-refractivity contribution in [2.75, 3.05) is 20.1 Å². The molecule has 0 fully saturated rings. The number of likely N-dealkylation sites (N-methyl/N-ethyl adjacent to an activating group) is 1. The third-order valence-electron chi connectivity index (χ3n) is 3.20. The fraction of sp³-hybridized carbons (Fsp3) is 0.533. The van der Waals surface area contributed by atoms with Gasteiger partial charge < -0.3 is 15.1 Å². The van der Waals surface area contributed by atoms with Crippen LogP contribution in [0.3, 0.4) is 0 Å². The first-order valence-corrected chi connectivity index (χ1v) is 6.76. The standard InChI is InChI=1S/C15H23N3O/c1-11-18-13-6-5-12(9-14(13)19-11)7-8-17-15(2,3)10-16-4/h5-6,9,16-17H,7-8,10H2,1-4H3. The van der Waals surface area contributed by atoms with Crippen molar-refractivity contribution in [2.24, 2.45) is 0 Å². The molecular weight excluding hydrogens is 238 g/mol. The zero-order chi connectivity index (χ0) is 13.9. The third kappa shape index (κ3) is 3.78. The number of hydrogen-bond donors (Lipinski definition) is 2. The van der Waals surface area contributed by atoms with Gasteiger partial charge in [-0.15, -0.1) is 0 Å². The molecule has 2 rings (SSSR count). The summed E-state index contributed by atoms with van der Waals surface area (Å²) in [5.74, 6) is 0.723. The number of hydrogen-bond acceptors (Lipinski definition) is 4. The molecule has 0 saturated carbocycles. The van der Waals surface area contributed by atoms with E-state index in [2.05, 4.69) is 41.6 Å². The molecule has 2 aromatic rings. The molecule has 0 amide bonds. The Labute approximate surface area is 114 Å². The molecule has 0 unspecified atom stereocenters. The van der Waals surface area contributed by atoms with Gasteiger partial charge in [0.2, 0.25) is 0 Å². The number of aromatic nitrogens is 1. The maximum absolute atomic E-state index is 5.55. The second kappa shape index (κ2) is 5.72. The van der Waals surface area contributed by atoms with Gasteiger partial charge in [-0.1, -0.05) is 6.07 Å². The van der Waals surface area contributed by atoms with Gasteiger partial charge >= 0.3 is 0 Å². The lowest BCUT2D eigenvalue weighted by molar-refractivity contribution is 0.379. The number of nitrogens with zero attached hydrogens (tertiary/aromatic N) is 1. The summed E-state index contributed by atoms with van der Waals surface area (Å²) in [6.07, 6.45) is 0.989. The molecule has 4 heteroatoms. The lowest BCUT2D eigenvalue weighted by Crippen LogP contribution is -2.47. The Morgan fingerprint density at radius 1 is 1.32 bits per heavy atom. The number of aryl methyl sites for hydroxylation is 1. The summed E-state index contributed by atoms with van der Waals surface area (Å²) in [5.41, 5.74) is 3.20. The van der Waals surface area contributed by atoms with Gasteiger partial charge in [-0.3, -0.25) is 0 Å². The van der Waals surface area contributed by atoms with Crippen LogP contribution in [0.25, 0.3) is 11.1 Å². The van der Waals surface area contributed by atoms with E-state index >= 15 is 0 Å². The van der Waals surface area contributed by atoms with Crippen molar-refractivity contribution in [2.45, 2.75) is 32.7 Å². The molecule has 0 aliphatic carbocycles. The molecule has 104 valence electrons. The summed E-state index contributed by atoms with van der Waals surface area (Å²) >= 11 is 0. The van der Waals surface area contributed by atoms with Gasteiger partial charge in [-0.2, -0.15) is 0 Å². The Kier molecular flexibility index (Phi) is 4.22. The summed E-state index contributed by atoms with van der Waals surface area (Å²) in [4.78, 5) is 4.31. The van der Waals surface area contributed by atoms with Crippen molar-refractivity contribution >= 4 is 11.1 Å². The molecule has 0 aliphatic heterocycles. The van der Waals surface area contributed by atoms with Crippen LogP contribution in [0.4, 0.5) is 0 Å². The van der Waals surface area contributed by atoms with Gasteiger partial charge in [-0.25, -0.2) is 4.98 Å². The highest BCUT2D eigenvalue weighted by Gasteiger charge is 2.14. The van der Waals surface area contributed by atoms with Gasteiger partial charge in [0.1, 0.15) is 5.52 Å². The maximum atomic E-state index is 5.55. The Balaban J connectivity index is 1.94. The van der Waals surface area contributed by atoms with Crippen LogP contribution in [0.15, 0.2) is 22.6 Å². The molecule has 0 spiro atoms. The van der Waals surface area contributed by atoms with Gasteiger partial charge in [0.05, 0.1) is 0 Å². The Morgan fingerprint density at radius 2 is 2.11 bits per heavy atom. The smallest absolute Gasteiger partial charge is 0.192 e. The second-order valence-corrected chi connectivity index (χ2v) is 5.63. The molecule has 0 atom stereocenters. The van der Waals surface area contributed by atoms with Crippen LogP contribution >= 0.6 is 0 Å². The van der Waals surface area contributed by atoms with Crippen LogP contribution in [-0.4, -0.2) is 30.7 Å². The van der Waals surface area contributed by atoms with Gasteiger partial charge in [0.25, 0.3) is 0 Å². The summed E-state index contributed by atoms with van der Waals surface area (Å²) < 4.78 is 5.55. The van der Waals surface area contributed by atoms with Crippen molar-refractivity contribution in [3.8, 4) is 0 Å². The number of fused-ring (bicyclic) bond motifs is 1. The topological polar surface area (TPSA) is 50.1 Å². The molecule has 2 N–H and O–H groups in total. The Bertz CT molecular complexity index is 545. The number of rotatable bonds is 6. The molecular formula is C15H23N3O. The predicted octanol–water partition coefficient (Wildman–Crippen LogP) is 2.27. The summed E-state index contributed by atoms with van der Waals surface area (Å²) in [7, 11) is 1.98. The highest BCUT2D eigenvalue weighted by Crippen LogP contribution is 2.17. The fourth-order valence-corrected chi connectivity index (χ4v) is 2.29. The first-order chi connectivity index (χ1) is 9.00. The second-order valence-electron chi connectivity index (χ2n) is 5.63. The maximum Gasteiger partial charge on any atom is 0.192 e. The third-order valence-corrected chi connectivity index (χ3v) is 3.20. The van der Waals surface area contributed by atoms with E-state index in [1.807, 2.05) is 20.0 Å². The zero-order valence-corrected chi connectivity index (χ0v) is 12.2. The minimum absolute atomic E-state index is 0.113. The average Bonchev–Trinajstić information content (AvgIpc) is 2.68. The molecule has 4 nitrogen and oxygen atoms in total. The molecule has 0 radical (unpaired) electrons. The van der Waals surface area contributed by atoms with Crippen LogP contribution in [0.1, 0.15) is 25.3 Å². The Hall–Kier alpha value is -1.39. The van der Waals surface area contributed by atoms with E-state index in [-0.39, 0.29) is 5.54 Å². The SMILES string of the molecule is CNCC(C)(C)NCCc1ccc2nc(C)oc2c1. The van der Waals surface area contributed by atoms with Crippen molar-refractivity contribution in [3.05, 3.63) is 29.7 Å². The van der Waals surface area contributed by atoms with Crippen molar-refractivity contribution < 1.29 is 4.42 Å². The highest BCUT2D eigenvalue weighted by molar-refractivity contribution is 5.73. The minimum Gasteiger partial charge on any atom is -0.441 e. The van der Waals surface area contributed by atoms with Crippen molar-refractivity contribution in [3.63, 3.8) is 0 Å². The number of oxazole rings is 1. The van der Waals surface area contributed by atoms with Crippen LogP contribution in [-0.2, 0) is 6.42 Å². The molecule has 1 heterocycles. The van der Waals surface area contributed by atoms with Crippen molar-refractivity contribution in [1.29, 1.82) is 0 Å². The van der Waals surface area contributed by atoms with Crippen LogP contribution in [0.5, 0.6) is 0 Å². The summed E-state index contributed by atoms with van der Waals surface area (Å²) in [5, 5.41) is 6.75. The van der Waals surface area contributed by atoms with E-state index in [1.54, 1.807) is 0 Å². The van der Waals surface area contributed by atoms with E-state index in [1.165, 1.54) is 5.56 Å². The van der Waals surface area contributed by atoms with Gasteiger partial charge in [0.15, 0.2) is 11.5 Å². The first-order valence-electron chi connectivity index (χ1n) is 6.76. The zero-order valence-electron chi connectivity index (χ0n) is 12.2. The van der Waals surface area contributed by atoms with E-state index < -0.39 is 0 Å². The monoisotopic (exact) mass is 261 g/mol. The van der Waals surface area contributed by atoms with E-state index in [9.17, 15) is 0 Å². The summed E-state index contributed by atoms with van der Waals surface area (Å²) in [6, 6.07) is 6.24. The van der Waals surface area contributed by atoms with Gasteiger partial charge in [0, 0.05) is 19.0 Å². The van der Waals surface area contributed by atoms with E-state index in [0.29, 0.717) is 0 Å². The Morgan fingerprint density at radius 3 is 2.84 bits per heavy atom. The van der Waals surface area contributed by atoms with E-state index in [0.717, 1.165) is 36.5 Å².